The van der Waals surface area contributed by atoms with E-state index < -0.39 is 0 Å². The first-order valence-corrected chi connectivity index (χ1v) is 5.72. The number of anilines is 1. The first-order valence-electron chi connectivity index (χ1n) is 5.72. The standard InChI is InChI=1S/C12H16FN3O/c13-10-3-1-2-4-11(10)16-8-9(5-6-14)7-15-12(16)17/h1-4,9H,5-8,14H2,(H,15,17). The zero-order chi connectivity index (χ0) is 12.3. The SMILES string of the molecule is NCCC1CNC(=O)N(c2ccccc2F)C1. The van der Waals surface area contributed by atoms with Gasteiger partial charge in [-0.2, -0.15) is 0 Å². The highest BCUT2D eigenvalue weighted by atomic mass is 19.1. The van der Waals surface area contributed by atoms with Crippen molar-refractivity contribution in [3.63, 3.8) is 0 Å². The minimum absolute atomic E-state index is 0.247. The molecule has 1 fully saturated rings. The smallest absolute Gasteiger partial charge is 0.321 e. The van der Waals surface area contributed by atoms with Crippen LogP contribution in [-0.4, -0.2) is 25.7 Å². The maximum absolute atomic E-state index is 13.6. The fraction of sp³-hybridized carbons (Fsp3) is 0.417. The van der Waals surface area contributed by atoms with Gasteiger partial charge in [0.05, 0.1) is 5.69 Å². The molecule has 0 aliphatic carbocycles. The van der Waals surface area contributed by atoms with E-state index >= 15 is 0 Å². The van der Waals surface area contributed by atoms with E-state index in [1.54, 1.807) is 18.2 Å². The number of halogens is 1. The van der Waals surface area contributed by atoms with Crippen LogP contribution in [0.25, 0.3) is 0 Å². The Morgan fingerprint density at radius 1 is 1.47 bits per heavy atom. The largest absolute Gasteiger partial charge is 0.337 e. The van der Waals surface area contributed by atoms with Crippen molar-refractivity contribution >= 4 is 11.7 Å². The lowest BCUT2D eigenvalue weighted by Gasteiger charge is -2.33. The second-order valence-corrected chi connectivity index (χ2v) is 4.19. The van der Waals surface area contributed by atoms with E-state index in [-0.39, 0.29) is 17.8 Å². The van der Waals surface area contributed by atoms with Crippen LogP contribution in [0.4, 0.5) is 14.9 Å². The van der Waals surface area contributed by atoms with Crippen molar-refractivity contribution in [2.45, 2.75) is 6.42 Å². The van der Waals surface area contributed by atoms with Crippen molar-refractivity contribution < 1.29 is 9.18 Å². The molecule has 4 nitrogen and oxygen atoms in total. The molecule has 1 aromatic rings. The molecule has 0 spiro atoms. The highest BCUT2D eigenvalue weighted by molar-refractivity contribution is 5.92. The molecular formula is C12H16FN3O. The average Bonchev–Trinajstić information content (AvgIpc) is 2.33. The van der Waals surface area contributed by atoms with Gasteiger partial charge in [-0.1, -0.05) is 12.1 Å². The molecular weight excluding hydrogens is 221 g/mol. The van der Waals surface area contributed by atoms with Gasteiger partial charge in [0.25, 0.3) is 0 Å². The van der Waals surface area contributed by atoms with Crippen molar-refractivity contribution in [2.75, 3.05) is 24.5 Å². The Morgan fingerprint density at radius 2 is 2.24 bits per heavy atom. The Hall–Kier alpha value is -1.62. The van der Waals surface area contributed by atoms with Crippen molar-refractivity contribution in [1.29, 1.82) is 0 Å². The molecule has 2 amide bonds. The van der Waals surface area contributed by atoms with Crippen LogP contribution in [0.3, 0.4) is 0 Å². The highest BCUT2D eigenvalue weighted by Crippen LogP contribution is 2.22. The predicted octanol–water partition coefficient (Wildman–Crippen LogP) is 1.32. The monoisotopic (exact) mass is 237 g/mol. The second kappa shape index (κ2) is 5.14. The molecule has 92 valence electrons. The number of carbonyl (C=O) groups is 1. The van der Waals surface area contributed by atoms with Gasteiger partial charge in [0.1, 0.15) is 5.82 Å². The van der Waals surface area contributed by atoms with Gasteiger partial charge in [-0.3, -0.25) is 4.90 Å². The maximum Gasteiger partial charge on any atom is 0.321 e. The number of hydrogen-bond donors (Lipinski definition) is 2. The summed E-state index contributed by atoms with van der Waals surface area (Å²) in [5.74, 6) is -0.103. The van der Waals surface area contributed by atoms with Crippen LogP contribution < -0.4 is 16.0 Å². The van der Waals surface area contributed by atoms with Gasteiger partial charge in [0, 0.05) is 13.1 Å². The molecule has 1 unspecified atom stereocenters. The number of nitrogens with one attached hydrogen (secondary N) is 1. The molecule has 2 rings (SSSR count). The minimum Gasteiger partial charge on any atom is -0.337 e. The third-order valence-corrected chi connectivity index (χ3v) is 2.95. The molecule has 0 saturated carbocycles. The molecule has 0 bridgehead atoms. The zero-order valence-corrected chi connectivity index (χ0v) is 9.53. The fourth-order valence-electron chi connectivity index (χ4n) is 2.04. The molecule has 1 saturated heterocycles. The number of nitrogens with two attached hydrogens (primary N) is 1. The van der Waals surface area contributed by atoms with Crippen LogP contribution in [0.5, 0.6) is 0 Å². The van der Waals surface area contributed by atoms with Gasteiger partial charge in [0.2, 0.25) is 0 Å². The Balaban J connectivity index is 2.18. The minimum atomic E-state index is -0.379. The maximum atomic E-state index is 13.6. The molecule has 1 aliphatic rings. The molecule has 3 N–H and O–H groups in total. The third kappa shape index (κ3) is 2.55. The molecule has 5 heteroatoms. The number of benzene rings is 1. The molecule has 17 heavy (non-hydrogen) atoms. The van der Waals surface area contributed by atoms with E-state index in [0.717, 1.165) is 6.42 Å². The van der Waals surface area contributed by atoms with Crippen LogP contribution >= 0.6 is 0 Å². The lowest BCUT2D eigenvalue weighted by Crippen LogP contribution is -2.51. The summed E-state index contributed by atoms with van der Waals surface area (Å²) in [4.78, 5) is 13.2. The van der Waals surface area contributed by atoms with E-state index in [4.69, 9.17) is 5.73 Å². The van der Waals surface area contributed by atoms with Gasteiger partial charge in [-0.05, 0) is 31.0 Å². The van der Waals surface area contributed by atoms with Crippen LogP contribution in [0.1, 0.15) is 6.42 Å². The number of para-hydroxylation sites is 1. The summed E-state index contributed by atoms with van der Waals surface area (Å²) in [5, 5.41) is 2.76. The zero-order valence-electron chi connectivity index (χ0n) is 9.53. The number of hydrogen-bond acceptors (Lipinski definition) is 2. The summed E-state index contributed by atoms with van der Waals surface area (Å²) in [6.45, 7) is 1.70. The van der Waals surface area contributed by atoms with E-state index in [1.807, 2.05) is 0 Å². The normalized spacial score (nSPS) is 20.2. The summed E-state index contributed by atoms with van der Waals surface area (Å²) >= 11 is 0. The Kier molecular flexibility index (Phi) is 3.58. The second-order valence-electron chi connectivity index (χ2n) is 4.19. The summed E-state index contributed by atoms with van der Waals surface area (Å²) in [7, 11) is 0. The van der Waals surface area contributed by atoms with Crippen molar-refractivity contribution in [1.82, 2.24) is 5.32 Å². The Morgan fingerprint density at radius 3 is 2.94 bits per heavy atom. The summed E-state index contributed by atoms with van der Waals surface area (Å²) in [6.07, 6.45) is 0.825. The third-order valence-electron chi connectivity index (χ3n) is 2.95. The van der Waals surface area contributed by atoms with E-state index in [2.05, 4.69) is 5.32 Å². The van der Waals surface area contributed by atoms with Crippen LogP contribution in [-0.2, 0) is 0 Å². The van der Waals surface area contributed by atoms with E-state index in [9.17, 15) is 9.18 Å². The van der Waals surface area contributed by atoms with Crippen LogP contribution in [0, 0.1) is 11.7 Å². The molecule has 0 radical (unpaired) electrons. The van der Waals surface area contributed by atoms with Gasteiger partial charge >= 0.3 is 6.03 Å². The van der Waals surface area contributed by atoms with E-state index in [0.29, 0.717) is 25.3 Å². The molecule has 0 aromatic heterocycles. The van der Waals surface area contributed by atoms with Crippen molar-refractivity contribution in [3.05, 3.63) is 30.1 Å². The number of urea groups is 1. The summed E-state index contributed by atoms with van der Waals surface area (Å²) < 4.78 is 13.6. The predicted molar refractivity (Wildman–Crippen MR) is 64.3 cm³/mol. The fourth-order valence-corrected chi connectivity index (χ4v) is 2.04. The van der Waals surface area contributed by atoms with Gasteiger partial charge in [0.15, 0.2) is 0 Å². The Bertz CT molecular complexity index is 410. The number of rotatable bonds is 3. The molecule has 1 heterocycles. The lowest BCUT2D eigenvalue weighted by molar-refractivity contribution is 0.236. The highest BCUT2D eigenvalue weighted by Gasteiger charge is 2.27. The van der Waals surface area contributed by atoms with Gasteiger partial charge < -0.3 is 11.1 Å². The van der Waals surface area contributed by atoms with Crippen molar-refractivity contribution in [3.8, 4) is 0 Å². The number of amides is 2. The van der Waals surface area contributed by atoms with Crippen molar-refractivity contribution in [2.24, 2.45) is 11.7 Å². The number of nitrogens with zero attached hydrogens (tertiary/aromatic N) is 1. The van der Waals surface area contributed by atoms with E-state index in [1.165, 1.54) is 11.0 Å². The summed E-state index contributed by atoms with van der Waals surface area (Å²) in [6, 6.07) is 6.05. The Labute approximate surface area is 99.6 Å². The summed E-state index contributed by atoms with van der Waals surface area (Å²) in [5.41, 5.74) is 5.83. The molecule has 1 aromatic carbocycles. The molecule has 1 aliphatic heterocycles. The first-order chi connectivity index (χ1) is 8.22. The first kappa shape index (κ1) is 11.9. The topological polar surface area (TPSA) is 58.4 Å². The van der Waals surface area contributed by atoms with Gasteiger partial charge in [-0.15, -0.1) is 0 Å². The van der Waals surface area contributed by atoms with Crippen LogP contribution in [0.15, 0.2) is 24.3 Å². The average molecular weight is 237 g/mol. The van der Waals surface area contributed by atoms with Gasteiger partial charge in [-0.25, -0.2) is 9.18 Å². The quantitative estimate of drug-likeness (QED) is 0.833. The number of carbonyl (C=O) groups excluding carboxylic acids is 1. The lowest BCUT2D eigenvalue weighted by atomic mass is 10.0. The molecule has 1 atom stereocenters. The van der Waals surface area contributed by atoms with Crippen LogP contribution in [0.2, 0.25) is 0 Å².